The zero-order valence-corrected chi connectivity index (χ0v) is 22.2. The van der Waals surface area contributed by atoms with Crippen LogP contribution in [0.25, 0.3) is 71.1 Å². The summed E-state index contributed by atoms with van der Waals surface area (Å²) in [5.41, 5.74) is 5.25. The molecule has 3 heterocycles. The van der Waals surface area contributed by atoms with Crippen molar-refractivity contribution in [3.05, 3.63) is 133 Å². The lowest BCUT2D eigenvalue weighted by Crippen LogP contribution is -2.03. The zero-order chi connectivity index (χ0) is 26.5. The number of fused-ring (bicyclic) bond motifs is 4. The third-order valence-corrected chi connectivity index (χ3v) is 8.39. The van der Waals surface area contributed by atoms with Crippen molar-refractivity contribution in [1.82, 2.24) is 19.5 Å². The molecule has 0 aliphatic heterocycles. The van der Waals surface area contributed by atoms with E-state index < -0.39 is 0 Å². The Hall–Kier alpha value is -5.13. The highest BCUT2D eigenvalue weighted by Gasteiger charge is 2.19. The minimum atomic E-state index is 0.652. The molecular weight excluding hydrogens is 508 g/mol. The SMILES string of the molecule is c1ccc(-c2nc(-c3cc4ccccc4s3)nc(-c3ccccc3-n3c4ccccc4c4ccccc43)n2)cc1. The van der Waals surface area contributed by atoms with Gasteiger partial charge in [-0.05, 0) is 41.8 Å². The van der Waals surface area contributed by atoms with Gasteiger partial charge in [0, 0.05) is 26.6 Å². The van der Waals surface area contributed by atoms with E-state index in [1.165, 1.54) is 20.9 Å². The van der Waals surface area contributed by atoms with Crippen molar-refractivity contribution in [2.24, 2.45) is 0 Å². The van der Waals surface area contributed by atoms with Crippen LogP contribution in [0.5, 0.6) is 0 Å². The topological polar surface area (TPSA) is 43.6 Å². The number of thiophene rings is 1. The van der Waals surface area contributed by atoms with Crippen LogP contribution in [-0.4, -0.2) is 19.5 Å². The second-order valence-corrected chi connectivity index (χ2v) is 10.8. The van der Waals surface area contributed by atoms with Crippen LogP contribution >= 0.6 is 11.3 Å². The maximum absolute atomic E-state index is 5.10. The number of hydrogen-bond donors (Lipinski definition) is 0. The molecule has 0 saturated heterocycles. The highest BCUT2D eigenvalue weighted by molar-refractivity contribution is 7.22. The molecule has 0 amide bonds. The van der Waals surface area contributed by atoms with E-state index in [0.717, 1.165) is 32.7 Å². The van der Waals surface area contributed by atoms with Crippen LogP contribution in [0.1, 0.15) is 0 Å². The van der Waals surface area contributed by atoms with Crippen LogP contribution in [0.4, 0.5) is 0 Å². The maximum Gasteiger partial charge on any atom is 0.174 e. The van der Waals surface area contributed by atoms with E-state index in [9.17, 15) is 0 Å². The lowest BCUT2D eigenvalue weighted by molar-refractivity contribution is 1.07. The molecule has 0 aliphatic rings. The van der Waals surface area contributed by atoms with Gasteiger partial charge in [-0.15, -0.1) is 11.3 Å². The minimum absolute atomic E-state index is 0.652. The van der Waals surface area contributed by atoms with Gasteiger partial charge in [-0.1, -0.05) is 97.1 Å². The molecule has 0 saturated carbocycles. The highest BCUT2D eigenvalue weighted by Crippen LogP contribution is 2.37. The fraction of sp³-hybridized carbons (Fsp3) is 0. The van der Waals surface area contributed by atoms with Crippen molar-refractivity contribution in [2.45, 2.75) is 0 Å². The van der Waals surface area contributed by atoms with Gasteiger partial charge in [0.15, 0.2) is 17.5 Å². The van der Waals surface area contributed by atoms with Crippen molar-refractivity contribution in [1.29, 1.82) is 0 Å². The summed E-state index contributed by atoms with van der Waals surface area (Å²) in [6.45, 7) is 0. The van der Waals surface area contributed by atoms with E-state index in [-0.39, 0.29) is 0 Å². The van der Waals surface area contributed by atoms with Crippen molar-refractivity contribution in [2.75, 3.05) is 0 Å². The van der Waals surface area contributed by atoms with E-state index in [1.807, 2.05) is 30.3 Å². The lowest BCUT2D eigenvalue weighted by Gasteiger charge is -2.14. The number of benzene rings is 5. The molecule has 0 atom stereocenters. The molecule has 0 bridgehead atoms. The predicted octanol–water partition coefficient (Wildman–Crippen LogP) is 9.18. The average Bonchev–Trinajstić information content (AvgIpc) is 3.61. The molecule has 3 aromatic heterocycles. The van der Waals surface area contributed by atoms with Crippen molar-refractivity contribution >= 4 is 43.2 Å². The van der Waals surface area contributed by atoms with Gasteiger partial charge in [0.25, 0.3) is 0 Å². The smallest absolute Gasteiger partial charge is 0.174 e. The summed E-state index contributed by atoms with van der Waals surface area (Å²) in [5.74, 6) is 2.00. The first-order valence-electron chi connectivity index (χ1n) is 13.2. The number of aromatic nitrogens is 4. The van der Waals surface area contributed by atoms with E-state index in [0.29, 0.717) is 17.5 Å². The van der Waals surface area contributed by atoms with Crippen LogP contribution in [-0.2, 0) is 0 Å². The second kappa shape index (κ2) is 9.26. The van der Waals surface area contributed by atoms with Crippen molar-refractivity contribution < 1.29 is 0 Å². The monoisotopic (exact) mass is 530 g/mol. The summed E-state index contributed by atoms with van der Waals surface area (Å²) < 4.78 is 3.54. The van der Waals surface area contributed by atoms with Gasteiger partial charge in [0.05, 0.1) is 21.6 Å². The summed E-state index contributed by atoms with van der Waals surface area (Å²) in [5, 5.41) is 3.63. The molecule has 0 fully saturated rings. The van der Waals surface area contributed by atoms with Crippen LogP contribution in [0.15, 0.2) is 133 Å². The highest BCUT2D eigenvalue weighted by atomic mass is 32.1. The summed E-state index contributed by atoms with van der Waals surface area (Å²) in [4.78, 5) is 16.1. The summed E-state index contributed by atoms with van der Waals surface area (Å²) >= 11 is 1.71. The molecule has 5 aromatic carbocycles. The quantitative estimate of drug-likeness (QED) is 0.228. The Balaban J connectivity index is 1.40. The van der Waals surface area contributed by atoms with E-state index >= 15 is 0 Å². The summed E-state index contributed by atoms with van der Waals surface area (Å²) in [6.07, 6.45) is 0. The Morgan fingerprint density at radius 2 is 1.10 bits per heavy atom. The molecule has 5 heteroatoms. The summed E-state index contributed by atoms with van der Waals surface area (Å²) in [6, 6.07) is 46.2. The molecule has 0 spiro atoms. The fourth-order valence-electron chi connectivity index (χ4n) is 5.45. The summed E-state index contributed by atoms with van der Waals surface area (Å²) in [7, 11) is 0. The fourth-order valence-corrected chi connectivity index (χ4v) is 6.45. The van der Waals surface area contributed by atoms with E-state index in [1.54, 1.807) is 11.3 Å². The molecule has 0 radical (unpaired) electrons. The Bertz CT molecular complexity index is 2090. The standard InChI is InChI=1S/C35H22N4S/c1-2-12-23(13-3-1)33-36-34(38-35(37-33)32-22-24-14-4-11-21-31(24)40-32)27-17-7-10-20-30(27)39-28-18-8-5-15-25(28)26-16-6-9-19-29(26)39/h1-22H. The lowest BCUT2D eigenvalue weighted by atomic mass is 10.1. The van der Waals surface area contributed by atoms with Crippen LogP contribution in [0.3, 0.4) is 0 Å². The number of rotatable bonds is 4. The minimum Gasteiger partial charge on any atom is -0.309 e. The van der Waals surface area contributed by atoms with Gasteiger partial charge in [0.2, 0.25) is 0 Å². The average molecular weight is 531 g/mol. The third kappa shape index (κ3) is 3.71. The van der Waals surface area contributed by atoms with Crippen molar-refractivity contribution in [3.63, 3.8) is 0 Å². The van der Waals surface area contributed by atoms with Gasteiger partial charge in [-0.25, -0.2) is 15.0 Å². The molecule has 0 aliphatic carbocycles. The Morgan fingerprint density at radius 1 is 0.500 bits per heavy atom. The zero-order valence-electron chi connectivity index (χ0n) is 21.4. The Labute approximate surface area is 234 Å². The number of nitrogens with zero attached hydrogens (tertiary/aromatic N) is 4. The van der Waals surface area contributed by atoms with Crippen LogP contribution in [0, 0.1) is 0 Å². The molecule has 0 unspecified atom stereocenters. The maximum atomic E-state index is 5.10. The molecule has 8 rings (SSSR count). The first kappa shape index (κ1) is 22.8. The Kier molecular flexibility index (Phi) is 5.28. The van der Waals surface area contributed by atoms with Gasteiger partial charge in [0.1, 0.15) is 0 Å². The second-order valence-electron chi connectivity index (χ2n) is 9.71. The number of para-hydroxylation sites is 3. The van der Waals surface area contributed by atoms with Gasteiger partial charge < -0.3 is 4.57 Å². The first-order valence-corrected chi connectivity index (χ1v) is 14.0. The van der Waals surface area contributed by atoms with E-state index in [2.05, 4.69) is 108 Å². The third-order valence-electron chi connectivity index (χ3n) is 7.28. The molecule has 4 nitrogen and oxygen atoms in total. The largest absolute Gasteiger partial charge is 0.309 e. The van der Waals surface area contributed by atoms with Crippen LogP contribution in [0.2, 0.25) is 0 Å². The first-order chi connectivity index (χ1) is 19.8. The predicted molar refractivity (Wildman–Crippen MR) is 166 cm³/mol. The molecule has 188 valence electrons. The van der Waals surface area contributed by atoms with Gasteiger partial charge in [-0.3, -0.25) is 0 Å². The van der Waals surface area contributed by atoms with Crippen molar-refractivity contribution in [3.8, 4) is 39.2 Å². The number of hydrogen-bond acceptors (Lipinski definition) is 4. The molecule has 40 heavy (non-hydrogen) atoms. The van der Waals surface area contributed by atoms with E-state index in [4.69, 9.17) is 15.0 Å². The molecule has 8 aromatic rings. The molecular formula is C35H22N4S. The van der Waals surface area contributed by atoms with Gasteiger partial charge >= 0.3 is 0 Å². The van der Waals surface area contributed by atoms with Crippen LogP contribution < -0.4 is 0 Å². The normalized spacial score (nSPS) is 11.5. The molecule has 0 N–H and O–H groups in total. The van der Waals surface area contributed by atoms with Gasteiger partial charge in [-0.2, -0.15) is 0 Å². The Morgan fingerprint density at radius 3 is 1.88 bits per heavy atom.